The highest BCUT2D eigenvalue weighted by Gasteiger charge is 2.10. The van der Waals surface area contributed by atoms with Gasteiger partial charge in [0, 0.05) is 12.2 Å². The second kappa shape index (κ2) is 5.17. The summed E-state index contributed by atoms with van der Waals surface area (Å²) < 4.78 is 0. The molecule has 15 heavy (non-hydrogen) atoms. The third kappa shape index (κ3) is 4.84. The zero-order valence-corrected chi connectivity index (χ0v) is 9.88. The van der Waals surface area contributed by atoms with E-state index in [1.165, 1.54) is 5.56 Å². The van der Waals surface area contributed by atoms with Gasteiger partial charge in [0.05, 0.1) is 5.60 Å². The maximum atomic E-state index is 9.54. The van der Waals surface area contributed by atoms with Crippen molar-refractivity contribution in [3.8, 4) is 0 Å². The lowest BCUT2D eigenvalue weighted by Crippen LogP contribution is -2.22. The molecule has 0 heterocycles. The molecule has 0 saturated heterocycles. The van der Waals surface area contributed by atoms with E-state index >= 15 is 0 Å². The lowest BCUT2D eigenvalue weighted by atomic mass is 10.1. The lowest BCUT2D eigenvalue weighted by molar-refractivity contribution is 0.0749. The van der Waals surface area contributed by atoms with E-state index < -0.39 is 5.60 Å². The topological polar surface area (TPSA) is 32.3 Å². The van der Waals surface area contributed by atoms with Crippen molar-refractivity contribution >= 4 is 5.69 Å². The van der Waals surface area contributed by atoms with Crippen molar-refractivity contribution in [1.29, 1.82) is 0 Å². The van der Waals surface area contributed by atoms with Gasteiger partial charge in [-0.2, -0.15) is 0 Å². The SMILES string of the molecule is CCc1ccc(NCCC(C)(C)O)cc1. The maximum absolute atomic E-state index is 9.54. The predicted octanol–water partition coefficient (Wildman–Crippen LogP) is 2.82. The summed E-state index contributed by atoms with van der Waals surface area (Å²) in [4.78, 5) is 0. The summed E-state index contributed by atoms with van der Waals surface area (Å²) in [5.74, 6) is 0. The van der Waals surface area contributed by atoms with Crippen molar-refractivity contribution in [3.63, 3.8) is 0 Å². The van der Waals surface area contributed by atoms with Gasteiger partial charge < -0.3 is 10.4 Å². The molecule has 0 unspecified atom stereocenters. The predicted molar refractivity (Wildman–Crippen MR) is 65.2 cm³/mol. The molecule has 0 aliphatic carbocycles. The monoisotopic (exact) mass is 207 g/mol. The molecule has 84 valence electrons. The summed E-state index contributed by atoms with van der Waals surface area (Å²) in [5, 5.41) is 12.8. The van der Waals surface area contributed by atoms with Gasteiger partial charge >= 0.3 is 0 Å². The van der Waals surface area contributed by atoms with Crippen LogP contribution in [-0.4, -0.2) is 17.3 Å². The third-order valence-corrected chi connectivity index (χ3v) is 2.43. The Morgan fingerprint density at radius 3 is 2.27 bits per heavy atom. The maximum Gasteiger partial charge on any atom is 0.0608 e. The van der Waals surface area contributed by atoms with Gasteiger partial charge in [0.2, 0.25) is 0 Å². The summed E-state index contributed by atoms with van der Waals surface area (Å²) in [6.07, 6.45) is 1.83. The summed E-state index contributed by atoms with van der Waals surface area (Å²) >= 11 is 0. The van der Waals surface area contributed by atoms with E-state index in [-0.39, 0.29) is 0 Å². The average Bonchev–Trinajstić information content (AvgIpc) is 2.17. The van der Waals surface area contributed by atoms with Gasteiger partial charge in [-0.1, -0.05) is 19.1 Å². The highest BCUT2D eigenvalue weighted by atomic mass is 16.3. The molecule has 1 aromatic carbocycles. The molecular formula is C13H21NO. The number of benzene rings is 1. The number of nitrogens with one attached hydrogen (secondary N) is 1. The van der Waals surface area contributed by atoms with Crippen LogP contribution in [0.3, 0.4) is 0 Å². The van der Waals surface area contributed by atoms with E-state index in [1.54, 1.807) is 0 Å². The molecule has 0 aromatic heterocycles. The molecule has 1 aromatic rings. The molecule has 0 aliphatic rings. The minimum Gasteiger partial charge on any atom is -0.390 e. The second-order valence-electron chi connectivity index (χ2n) is 4.54. The Kier molecular flexibility index (Phi) is 4.15. The van der Waals surface area contributed by atoms with E-state index in [1.807, 2.05) is 13.8 Å². The minimum atomic E-state index is -0.587. The normalized spacial score (nSPS) is 11.5. The summed E-state index contributed by atoms with van der Waals surface area (Å²) in [7, 11) is 0. The Hall–Kier alpha value is -1.02. The molecule has 1 rings (SSSR count). The Balaban J connectivity index is 2.38. The Labute approximate surface area is 92.3 Å². The Morgan fingerprint density at radius 1 is 1.20 bits per heavy atom. The van der Waals surface area contributed by atoms with Crippen LogP contribution in [0.15, 0.2) is 24.3 Å². The first kappa shape index (κ1) is 12.1. The zero-order valence-electron chi connectivity index (χ0n) is 9.88. The van der Waals surface area contributed by atoms with Gasteiger partial charge in [0.25, 0.3) is 0 Å². The van der Waals surface area contributed by atoms with Crippen molar-refractivity contribution < 1.29 is 5.11 Å². The first-order chi connectivity index (χ1) is 7.01. The summed E-state index contributed by atoms with van der Waals surface area (Å²) in [5.41, 5.74) is 1.88. The zero-order chi connectivity index (χ0) is 11.3. The molecule has 0 bridgehead atoms. The van der Waals surface area contributed by atoms with Gasteiger partial charge in [0.1, 0.15) is 0 Å². The fourth-order valence-electron chi connectivity index (χ4n) is 1.37. The number of anilines is 1. The molecule has 2 N–H and O–H groups in total. The van der Waals surface area contributed by atoms with E-state index in [0.717, 1.165) is 25.1 Å². The number of hydrogen-bond acceptors (Lipinski definition) is 2. The highest BCUT2D eigenvalue weighted by Crippen LogP contribution is 2.12. The molecule has 0 saturated carbocycles. The molecule has 2 nitrogen and oxygen atoms in total. The van der Waals surface area contributed by atoms with Crippen LogP contribution in [-0.2, 0) is 6.42 Å². The minimum absolute atomic E-state index is 0.587. The van der Waals surface area contributed by atoms with E-state index in [0.29, 0.717) is 0 Å². The fourth-order valence-corrected chi connectivity index (χ4v) is 1.37. The van der Waals surface area contributed by atoms with Crippen molar-refractivity contribution in [2.45, 2.75) is 39.2 Å². The van der Waals surface area contributed by atoms with E-state index in [4.69, 9.17) is 0 Å². The van der Waals surface area contributed by atoms with Crippen LogP contribution in [0.5, 0.6) is 0 Å². The number of hydrogen-bond donors (Lipinski definition) is 2. The smallest absolute Gasteiger partial charge is 0.0608 e. The fraction of sp³-hybridized carbons (Fsp3) is 0.538. The molecule has 0 aliphatic heterocycles. The quantitative estimate of drug-likeness (QED) is 0.778. The largest absolute Gasteiger partial charge is 0.390 e. The molecule has 0 amide bonds. The molecule has 2 heteroatoms. The molecule has 0 atom stereocenters. The van der Waals surface area contributed by atoms with Crippen molar-refractivity contribution in [2.75, 3.05) is 11.9 Å². The number of aliphatic hydroxyl groups is 1. The lowest BCUT2D eigenvalue weighted by Gasteiger charge is -2.17. The van der Waals surface area contributed by atoms with Gasteiger partial charge in [-0.3, -0.25) is 0 Å². The van der Waals surface area contributed by atoms with Crippen molar-refractivity contribution in [3.05, 3.63) is 29.8 Å². The van der Waals surface area contributed by atoms with Crippen molar-refractivity contribution in [2.24, 2.45) is 0 Å². The molecule has 0 fully saturated rings. The van der Waals surface area contributed by atoms with Crippen molar-refractivity contribution in [1.82, 2.24) is 0 Å². The number of rotatable bonds is 5. The van der Waals surface area contributed by atoms with Gasteiger partial charge in [-0.25, -0.2) is 0 Å². The van der Waals surface area contributed by atoms with Crippen LogP contribution in [0.1, 0.15) is 32.8 Å². The van der Waals surface area contributed by atoms with Crippen LogP contribution >= 0.6 is 0 Å². The first-order valence-corrected chi connectivity index (χ1v) is 5.56. The summed E-state index contributed by atoms with van der Waals surface area (Å²) in [6, 6.07) is 8.44. The molecular weight excluding hydrogens is 186 g/mol. The van der Waals surface area contributed by atoms with Crippen LogP contribution in [0.2, 0.25) is 0 Å². The number of aryl methyl sites for hydroxylation is 1. The third-order valence-electron chi connectivity index (χ3n) is 2.43. The standard InChI is InChI=1S/C13H21NO/c1-4-11-5-7-12(8-6-11)14-10-9-13(2,3)15/h5-8,14-15H,4,9-10H2,1-3H3. The molecule has 0 radical (unpaired) electrons. The average molecular weight is 207 g/mol. The second-order valence-corrected chi connectivity index (χ2v) is 4.54. The van der Waals surface area contributed by atoms with Crippen LogP contribution < -0.4 is 5.32 Å². The van der Waals surface area contributed by atoms with E-state index in [9.17, 15) is 5.11 Å². The Morgan fingerprint density at radius 2 is 1.80 bits per heavy atom. The summed E-state index contributed by atoms with van der Waals surface area (Å²) in [6.45, 7) is 6.61. The van der Waals surface area contributed by atoms with Crippen LogP contribution in [0, 0.1) is 0 Å². The van der Waals surface area contributed by atoms with E-state index in [2.05, 4.69) is 36.5 Å². The van der Waals surface area contributed by atoms with Crippen LogP contribution in [0.4, 0.5) is 5.69 Å². The first-order valence-electron chi connectivity index (χ1n) is 5.56. The molecule has 0 spiro atoms. The van der Waals surface area contributed by atoms with Gasteiger partial charge in [-0.05, 0) is 44.4 Å². The van der Waals surface area contributed by atoms with Crippen LogP contribution in [0.25, 0.3) is 0 Å². The van der Waals surface area contributed by atoms with Gasteiger partial charge in [0.15, 0.2) is 0 Å². The van der Waals surface area contributed by atoms with Gasteiger partial charge in [-0.15, -0.1) is 0 Å². The highest BCUT2D eigenvalue weighted by molar-refractivity contribution is 5.44. The Bertz CT molecular complexity index is 284.